The molecule has 10 heteroatoms. The van der Waals surface area contributed by atoms with E-state index in [9.17, 15) is 18.5 Å². The number of amides is 1. The van der Waals surface area contributed by atoms with E-state index in [0.29, 0.717) is 22.2 Å². The Balaban J connectivity index is 1.95. The third kappa shape index (κ3) is 4.16. The van der Waals surface area contributed by atoms with Crippen LogP contribution in [0.25, 0.3) is 10.9 Å². The third-order valence-electron chi connectivity index (χ3n) is 3.89. The first kappa shape index (κ1) is 19.4. The van der Waals surface area contributed by atoms with Crippen molar-refractivity contribution < 1.29 is 22.5 Å². The molecule has 0 radical (unpaired) electrons. The Morgan fingerprint density at radius 3 is 2.78 bits per heavy atom. The molecule has 2 heterocycles. The first-order chi connectivity index (χ1) is 12.7. The van der Waals surface area contributed by atoms with Crippen LogP contribution >= 0.6 is 11.8 Å². The lowest BCUT2D eigenvalue weighted by Crippen LogP contribution is -2.32. The maximum Gasteiger partial charge on any atom is 0.296 e. The molecule has 2 unspecified atom stereocenters. The van der Waals surface area contributed by atoms with Crippen LogP contribution in [0.4, 0.5) is 0 Å². The fourth-order valence-electron chi connectivity index (χ4n) is 2.74. The molecule has 1 saturated heterocycles. The van der Waals surface area contributed by atoms with E-state index in [4.69, 9.17) is 9.29 Å². The monoisotopic (exact) mass is 407 g/mol. The molecule has 0 spiro atoms. The van der Waals surface area contributed by atoms with Crippen LogP contribution in [0, 0.1) is 11.3 Å². The first-order valence-corrected chi connectivity index (χ1v) is 10.5. The molecule has 1 aromatic heterocycles. The number of pyridine rings is 1. The number of thioether (sulfide) groups is 1. The smallest absolute Gasteiger partial charge is 0.296 e. The van der Waals surface area contributed by atoms with Gasteiger partial charge in [0.2, 0.25) is 10.6 Å². The van der Waals surface area contributed by atoms with E-state index in [-0.39, 0.29) is 12.5 Å². The normalized spacial score (nSPS) is 19.9. The number of hydrogen-bond donors (Lipinski definition) is 2. The van der Waals surface area contributed by atoms with Gasteiger partial charge < -0.3 is 10.1 Å². The number of nitrogens with one attached hydrogen (secondary N) is 1. The van der Waals surface area contributed by atoms with Crippen LogP contribution in [0.2, 0.25) is 0 Å². The zero-order chi connectivity index (χ0) is 19.8. The number of hydrogen-bond acceptors (Lipinski definition) is 7. The fraction of sp³-hybridized carbons (Fsp3) is 0.353. The Kier molecular flexibility index (Phi) is 5.28. The highest BCUT2D eigenvalue weighted by Gasteiger charge is 2.39. The topological polar surface area (TPSA) is 129 Å². The van der Waals surface area contributed by atoms with E-state index >= 15 is 0 Å². The van der Waals surface area contributed by atoms with E-state index in [1.54, 1.807) is 18.2 Å². The molecule has 27 heavy (non-hydrogen) atoms. The molecule has 142 valence electrons. The van der Waals surface area contributed by atoms with Crippen molar-refractivity contribution in [1.29, 1.82) is 5.26 Å². The average molecular weight is 407 g/mol. The average Bonchev–Trinajstić information content (AvgIpc) is 2.96. The number of benzene rings is 1. The molecule has 1 fully saturated rings. The lowest BCUT2D eigenvalue weighted by atomic mass is 10.0. The molecule has 2 aromatic rings. The third-order valence-corrected chi connectivity index (χ3v) is 6.69. The van der Waals surface area contributed by atoms with Crippen LogP contribution in [-0.4, -0.2) is 39.9 Å². The SMILES string of the molecule is CC(C)Oc1c(C#N)cnc2ccc(CC3SC(S(=O)(=O)O)NC3=O)cc12. The number of nitriles is 1. The number of aromatic nitrogens is 1. The molecule has 0 bridgehead atoms. The molecule has 0 aliphatic carbocycles. The van der Waals surface area contributed by atoms with Crippen molar-refractivity contribution in [3.05, 3.63) is 35.5 Å². The summed E-state index contributed by atoms with van der Waals surface area (Å²) in [5.74, 6) is -0.0241. The summed E-state index contributed by atoms with van der Waals surface area (Å²) in [6, 6.07) is 7.40. The predicted molar refractivity (Wildman–Crippen MR) is 101 cm³/mol. The lowest BCUT2D eigenvalue weighted by Gasteiger charge is -2.15. The van der Waals surface area contributed by atoms with Crippen molar-refractivity contribution in [2.24, 2.45) is 0 Å². The summed E-state index contributed by atoms with van der Waals surface area (Å²) in [6.45, 7) is 3.71. The van der Waals surface area contributed by atoms with Gasteiger partial charge in [0, 0.05) is 11.6 Å². The van der Waals surface area contributed by atoms with Crippen LogP contribution in [0.1, 0.15) is 25.0 Å². The molecular weight excluding hydrogens is 390 g/mol. The molecule has 3 rings (SSSR count). The summed E-state index contributed by atoms with van der Waals surface area (Å²) < 4.78 is 36.0. The summed E-state index contributed by atoms with van der Waals surface area (Å²) in [5.41, 5.74) is 1.72. The van der Waals surface area contributed by atoms with Gasteiger partial charge in [0.1, 0.15) is 17.4 Å². The second kappa shape index (κ2) is 7.34. The molecule has 2 N–H and O–H groups in total. The van der Waals surface area contributed by atoms with E-state index in [1.807, 2.05) is 13.8 Å². The largest absolute Gasteiger partial charge is 0.489 e. The van der Waals surface area contributed by atoms with Gasteiger partial charge >= 0.3 is 0 Å². The Morgan fingerprint density at radius 1 is 1.44 bits per heavy atom. The molecular formula is C17H17N3O5S2. The van der Waals surface area contributed by atoms with Gasteiger partial charge in [0.05, 0.1) is 16.9 Å². The van der Waals surface area contributed by atoms with Gasteiger partial charge in [-0.05, 0) is 38.0 Å². The standard InChI is InChI=1S/C17H17N3O5S2/c1-9(2)25-15-11(7-18)8-19-13-4-3-10(5-12(13)15)6-14-16(21)20-17(26-14)27(22,23)24/h3-5,8-9,14,17H,6H2,1-2H3,(H,20,21)(H,22,23,24). The van der Waals surface area contributed by atoms with Crippen molar-refractivity contribution in [3.8, 4) is 11.8 Å². The lowest BCUT2D eigenvalue weighted by molar-refractivity contribution is -0.119. The maximum absolute atomic E-state index is 12.0. The van der Waals surface area contributed by atoms with Gasteiger partial charge in [-0.3, -0.25) is 14.3 Å². The highest BCUT2D eigenvalue weighted by atomic mass is 32.3. The molecule has 2 atom stereocenters. The van der Waals surface area contributed by atoms with Crippen molar-refractivity contribution in [2.75, 3.05) is 0 Å². The van der Waals surface area contributed by atoms with E-state index in [2.05, 4.69) is 16.4 Å². The molecule has 1 aliphatic heterocycles. The van der Waals surface area contributed by atoms with Gasteiger partial charge in [-0.1, -0.05) is 6.07 Å². The van der Waals surface area contributed by atoms with Crippen LogP contribution in [0.3, 0.4) is 0 Å². The van der Waals surface area contributed by atoms with Crippen LogP contribution < -0.4 is 10.1 Å². The maximum atomic E-state index is 12.0. The Labute approximate surface area is 160 Å². The van der Waals surface area contributed by atoms with Crippen molar-refractivity contribution in [1.82, 2.24) is 10.3 Å². The fourth-order valence-corrected chi connectivity index (χ4v) is 4.93. The molecule has 1 aliphatic rings. The Hall–Kier alpha value is -2.35. The number of rotatable bonds is 5. The summed E-state index contributed by atoms with van der Waals surface area (Å²) in [7, 11) is -4.36. The number of ether oxygens (including phenoxy) is 1. The van der Waals surface area contributed by atoms with Crippen LogP contribution in [-0.2, 0) is 21.3 Å². The Bertz CT molecular complexity index is 1050. The number of carbonyl (C=O) groups excluding carboxylic acids is 1. The van der Waals surface area contributed by atoms with Gasteiger partial charge in [0.15, 0.2) is 0 Å². The summed E-state index contributed by atoms with van der Waals surface area (Å²) in [4.78, 5) is 16.3. The highest BCUT2D eigenvalue weighted by molar-refractivity contribution is 8.12. The van der Waals surface area contributed by atoms with E-state index < -0.39 is 26.0 Å². The molecule has 8 nitrogen and oxygen atoms in total. The molecule has 0 saturated carbocycles. The van der Waals surface area contributed by atoms with Gasteiger partial charge in [0.25, 0.3) is 10.1 Å². The van der Waals surface area contributed by atoms with E-state index in [1.165, 1.54) is 6.20 Å². The second-order valence-corrected chi connectivity index (χ2v) is 9.43. The number of carbonyl (C=O) groups is 1. The minimum atomic E-state index is -4.36. The van der Waals surface area contributed by atoms with Crippen LogP contribution in [0.15, 0.2) is 24.4 Å². The summed E-state index contributed by atoms with van der Waals surface area (Å²) in [5, 5.41) is 11.6. The summed E-state index contributed by atoms with van der Waals surface area (Å²) >= 11 is 0.851. The minimum absolute atomic E-state index is 0.141. The van der Waals surface area contributed by atoms with Crippen LogP contribution in [0.5, 0.6) is 5.75 Å². The zero-order valence-corrected chi connectivity index (χ0v) is 16.2. The number of fused-ring (bicyclic) bond motifs is 1. The van der Waals surface area contributed by atoms with Gasteiger partial charge in [-0.25, -0.2) is 0 Å². The predicted octanol–water partition coefficient (Wildman–Crippen LogP) is 1.84. The summed E-state index contributed by atoms with van der Waals surface area (Å²) in [6.07, 6.45) is 1.57. The molecule has 1 aromatic carbocycles. The van der Waals surface area contributed by atoms with Gasteiger partial charge in [-0.15, -0.1) is 11.8 Å². The Morgan fingerprint density at radius 2 is 2.19 bits per heavy atom. The van der Waals surface area contributed by atoms with Crippen molar-refractivity contribution in [2.45, 2.75) is 36.3 Å². The highest BCUT2D eigenvalue weighted by Crippen LogP contribution is 2.33. The second-order valence-electron chi connectivity index (χ2n) is 6.32. The number of nitrogens with zero attached hydrogens (tertiary/aromatic N) is 2. The van der Waals surface area contributed by atoms with Gasteiger partial charge in [-0.2, -0.15) is 13.7 Å². The van der Waals surface area contributed by atoms with Crippen molar-refractivity contribution >= 4 is 38.7 Å². The minimum Gasteiger partial charge on any atom is -0.489 e. The first-order valence-electron chi connectivity index (χ1n) is 8.09. The van der Waals surface area contributed by atoms with Crippen molar-refractivity contribution in [3.63, 3.8) is 0 Å². The van der Waals surface area contributed by atoms with E-state index in [0.717, 1.165) is 17.3 Å². The quantitative estimate of drug-likeness (QED) is 0.718. The zero-order valence-electron chi connectivity index (χ0n) is 14.5. The molecule has 1 amide bonds.